The smallest absolute Gasteiger partial charge is 0.166 e. The Labute approximate surface area is 122 Å². The Balaban J connectivity index is 1.93. The van der Waals surface area contributed by atoms with Crippen LogP contribution in [-0.4, -0.2) is 27.8 Å². The second kappa shape index (κ2) is 7.08. The lowest BCUT2D eigenvalue weighted by molar-refractivity contribution is 0.569. The van der Waals surface area contributed by atoms with E-state index in [1.54, 1.807) is 23.6 Å². The molecule has 6 heteroatoms. The highest BCUT2D eigenvalue weighted by Gasteiger charge is 2.07. The number of aromatic nitrogens is 3. The van der Waals surface area contributed by atoms with E-state index < -0.39 is 0 Å². The van der Waals surface area contributed by atoms with Crippen LogP contribution in [0.4, 0.5) is 0 Å². The van der Waals surface area contributed by atoms with Crippen molar-refractivity contribution in [3.8, 4) is 16.8 Å². The van der Waals surface area contributed by atoms with Crippen LogP contribution in [0.1, 0.15) is 30.8 Å². The van der Waals surface area contributed by atoms with E-state index in [0.717, 1.165) is 35.1 Å². The number of pyridine rings is 1. The van der Waals surface area contributed by atoms with Crippen molar-refractivity contribution in [3.05, 3.63) is 28.9 Å². The van der Waals surface area contributed by atoms with Crippen LogP contribution in [-0.2, 0) is 6.42 Å². The number of rotatable bonds is 6. The fourth-order valence-corrected chi connectivity index (χ4v) is 2.53. The lowest BCUT2D eigenvalue weighted by Gasteiger charge is -2.05. The predicted octanol–water partition coefficient (Wildman–Crippen LogP) is 2.40. The van der Waals surface area contributed by atoms with Gasteiger partial charge in [0.15, 0.2) is 5.01 Å². The zero-order valence-electron chi connectivity index (χ0n) is 11.6. The van der Waals surface area contributed by atoms with Crippen LogP contribution in [0.15, 0.2) is 18.3 Å². The maximum atomic E-state index is 8.74. The second-order valence-electron chi connectivity index (χ2n) is 4.76. The summed E-state index contributed by atoms with van der Waals surface area (Å²) in [5.74, 6) is 0. The number of nitriles is 1. The van der Waals surface area contributed by atoms with Gasteiger partial charge in [-0.05, 0) is 25.1 Å². The van der Waals surface area contributed by atoms with E-state index in [-0.39, 0.29) is 0 Å². The van der Waals surface area contributed by atoms with Gasteiger partial charge in [0, 0.05) is 18.7 Å². The summed E-state index contributed by atoms with van der Waals surface area (Å²) in [6.07, 6.45) is 3.53. The molecule has 20 heavy (non-hydrogen) atoms. The summed E-state index contributed by atoms with van der Waals surface area (Å²) in [7, 11) is 0. The Hall–Kier alpha value is -1.84. The molecule has 0 saturated carbocycles. The highest BCUT2D eigenvalue weighted by Crippen LogP contribution is 2.22. The van der Waals surface area contributed by atoms with Gasteiger partial charge in [-0.3, -0.25) is 4.98 Å². The van der Waals surface area contributed by atoms with E-state index in [4.69, 9.17) is 5.26 Å². The van der Waals surface area contributed by atoms with E-state index in [0.29, 0.717) is 11.6 Å². The van der Waals surface area contributed by atoms with Crippen molar-refractivity contribution in [2.24, 2.45) is 0 Å². The zero-order valence-corrected chi connectivity index (χ0v) is 12.4. The van der Waals surface area contributed by atoms with Gasteiger partial charge < -0.3 is 5.32 Å². The first-order valence-electron chi connectivity index (χ1n) is 6.61. The zero-order chi connectivity index (χ0) is 14.4. The normalized spacial score (nSPS) is 10.7. The minimum absolute atomic E-state index is 0.517. The van der Waals surface area contributed by atoms with Gasteiger partial charge in [0.2, 0.25) is 0 Å². The molecular weight excluding hydrogens is 270 g/mol. The van der Waals surface area contributed by atoms with Crippen LogP contribution < -0.4 is 5.32 Å². The van der Waals surface area contributed by atoms with Crippen molar-refractivity contribution < 1.29 is 0 Å². The monoisotopic (exact) mass is 287 g/mol. The molecule has 0 unspecified atom stereocenters. The SMILES string of the molecule is CC(C)NCCCc1nnc(-c2ccc(C#N)cn2)s1. The molecule has 5 nitrogen and oxygen atoms in total. The van der Waals surface area contributed by atoms with Gasteiger partial charge in [-0.25, -0.2) is 0 Å². The van der Waals surface area contributed by atoms with Gasteiger partial charge in [-0.15, -0.1) is 10.2 Å². The van der Waals surface area contributed by atoms with E-state index in [1.165, 1.54) is 0 Å². The van der Waals surface area contributed by atoms with E-state index in [9.17, 15) is 0 Å². The Kier molecular flexibility index (Phi) is 5.16. The molecular formula is C14H17N5S. The van der Waals surface area contributed by atoms with Crippen LogP contribution >= 0.6 is 11.3 Å². The molecule has 104 valence electrons. The lowest BCUT2D eigenvalue weighted by Crippen LogP contribution is -2.23. The summed E-state index contributed by atoms with van der Waals surface area (Å²) in [5, 5.41) is 22.3. The summed E-state index contributed by atoms with van der Waals surface area (Å²) in [4.78, 5) is 4.23. The van der Waals surface area contributed by atoms with Crippen LogP contribution in [0.5, 0.6) is 0 Å². The van der Waals surface area contributed by atoms with Gasteiger partial charge in [0.25, 0.3) is 0 Å². The molecule has 0 aliphatic heterocycles. The molecule has 0 aromatic carbocycles. The first-order valence-corrected chi connectivity index (χ1v) is 7.43. The van der Waals surface area contributed by atoms with Crippen molar-refractivity contribution in [3.63, 3.8) is 0 Å². The second-order valence-corrected chi connectivity index (χ2v) is 5.82. The average Bonchev–Trinajstić information content (AvgIpc) is 2.92. The fraction of sp³-hybridized carbons (Fsp3) is 0.429. The number of nitrogens with zero attached hydrogens (tertiary/aromatic N) is 4. The van der Waals surface area contributed by atoms with Crippen molar-refractivity contribution in [1.29, 1.82) is 5.26 Å². The maximum absolute atomic E-state index is 8.74. The highest BCUT2D eigenvalue weighted by atomic mass is 32.1. The number of nitrogens with one attached hydrogen (secondary N) is 1. The molecule has 0 aliphatic carbocycles. The van der Waals surface area contributed by atoms with Gasteiger partial charge >= 0.3 is 0 Å². The third-order valence-corrected chi connectivity index (χ3v) is 3.70. The van der Waals surface area contributed by atoms with Crippen molar-refractivity contribution >= 4 is 11.3 Å². The van der Waals surface area contributed by atoms with Crippen molar-refractivity contribution in [1.82, 2.24) is 20.5 Å². The Morgan fingerprint density at radius 3 is 2.85 bits per heavy atom. The third kappa shape index (κ3) is 4.08. The molecule has 0 amide bonds. The number of hydrogen-bond donors (Lipinski definition) is 1. The molecule has 0 bridgehead atoms. The Morgan fingerprint density at radius 1 is 1.35 bits per heavy atom. The largest absolute Gasteiger partial charge is 0.315 e. The lowest BCUT2D eigenvalue weighted by atomic mass is 10.3. The molecule has 0 spiro atoms. The van der Waals surface area contributed by atoms with Crippen LogP contribution in [0, 0.1) is 11.3 Å². The fourth-order valence-electron chi connectivity index (χ4n) is 1.68. The summed E-state index contributed by atoms with van der Waals surface area (Å²) in [6, 6.07) is 6.12. The van der Waals surface area contributed by atoms with Gasteiger partial charge in [-0.2, -0.15) is 5.26 Å². The van der Waals surface area contributed by atoms with E-state index in [1.807, 2.05) is 6.07 Å². The third-order valence-electron chi connectivity index (χ3n) is 2.70. The molecule has 1 N–H and O–H groups in total. The maximum Gasteiger partial charge on any atom is 0.166 e. The number of hydrogen-bond acceptors (Lipinski definition) is 6. The quantitative estimate of drug-likeness (QED) is 0.826. The molecule has 2 heterocycles. The topological polar surface area (TPSA) is 74.5 Å². The Bertz CT molecular complexity index is 582. The summed E-state index contributed by atoms with van der Waals surface area (Å²) >= 11 is 1.56. The molecule has 2 rings (SSSR count). The molecule has 0 saturated heterocycles. The van der Waals surface area contributed by atoms with Crippen LogP contribution in [0.3, 0.4) is 0 Å². The highest BCUT2D eigenvalue weighted by molar-refractivity contribution is 7.14. The average molecular weight is 287 g/mol. The standard InChI is InChI=1S/C14H17N5S/c1-10(2)16-7-3-4-13-18-19-14(20-13)12-6-5-11(8-15)9-17-12/h5-6,9-10,16H,3-4,7H2,1-2H3. The van der Waals surface area contributed by atoms with E-state index in [2.05, 4.69) is 40.4 Å². The molecule has 0 radical (unpaired) electrons. The van der Waals surface area contributed by atoms with Gasteiger partial charge in [-0.1, -0.05) is 25.2 Å². The van der Waals surface area contributed by atoms with Crippen LogP contribution in [0.2, 0.25) is 0 Å². The minimum Gasteiger partial charge on any atom is -0.315 e. The van der Waals surface area contributed by atoms with Gasteiger partial charge in [0.05, 0.1) is 5.56 Å². The molecule has 2 aromatic rings. The summed E-state index contributed by atoms with van der Waals surface area (Å²) < 4.78 is 0. The van der Waals surface area contributed by atoms with Crippen molar-refractivity contribution in [2.75, 3.05) is 6.54 Å². The molecule has 0 atom stereocenters. The molecule has 0 aliphatic rings. The Morgan fingerprint density at radius 2 is 2.20 bits per heavy atom. The summed E-state index contributed by atoms with van der Waals surface area (Å²) in [5.41, 5.74) is 1.33. The first kappa shape index (κ1) is 14.6. The molecule has 2 aromatic heterocycles. The predicted molar refractivity (Wildman–Crippen MR) is 79.3 cm³/mol. The summed E-state index contributed by atoms with van der Waals surface area (Å²) in [6.45, 7) is 5.26. The first-order chi connectivity index (χ1) is 9.69. The minimum atomic E-state index is 0.517. The van der Waals surface area contributed by atoms with E-state index >= 15 is 0 Å². The van der Waals surface area contributed by atoms with Crippen LogP contribution in [0.25, 0.3) is 10.7 Å². The number of aryl methyl sites for hydroxylation is 1. The van der Waals surface area contributed by atoms with Crippen molar-refractivity contribution in [2.45, 2.75) is 32.7 Å². The van der Waals surface area contributed by atoms with Gasteiger partial charge in [0.1, 0.15) is 16.8 Å². The molecule has 0 fully saturated rings.